The summed E-state index contributed by atoms with van der Waals surface area (Å²) in [4.78, 5) is 20.4. The molecule has 1 aliphatic rings. The van der Waals surface area contributed by atoms with Gasteiger partial charge in [0.05, 0.1) is 0 Å². The second kappa shape index (κ2) is 2.55. The van der Waals surface area contributed by atoms with Gasteiger partial charge in [-0.2, -0.15) is 0 Å². The number of cyclic esters (lactones) is 2. The Kier molecular flexibility index (Phi) is 1.75. The van der Waals surface area contributed by atoms with Gasteiger partial charge < -0.3 is 14.6 Å². The molecule has 0 saturated carbocycles. The summed E-state index contributed by atoms with van der Waals surface area (Å²) in [6, 6.07) is 0. The van der Waals surface area contributed by atoms with Crippen molar-refractivity contribution in [1.82, 2.24) is 0 Å². The van der Waals surface area contributed by atoms with Gasteiger partial charge in [-0.05, 0) is 0 Å². The highest BCUT2D eigenvalue weighted by Gasteiger charge is 2.26. The number of rotatable bonds is 1. The summed E-state index contributed by atoms with van der Waals surface area (Å²) in [6.07, 6.45) is -0.794. The van der Waals surface area contributed by atoms with Crippen molar-refractivity contribution in [3.63, 3.8) is 0 Å². The van der Waals surface area contributed by atoms with Gasteiger partial charge >= 0.3 is 12.1 Å². The zero-order valence-corrected chi connectivity index (χ0v) is 5.07. The minimum absolute atomic E-state index is 0.0891. The Morgan fingerprint density at radius 3 is 2.40 bits per heavy atom. The molecule has 1 N–H and O–H groups in total. The fraction of sp³-hybridized carbons (Fsp3) is 0.600. The smallest absolute Gasteiger partial charge is 0.481 e. The Balaban J connectivity index is 2.40. The first-order valence-corrected chi connectivity index (χ1v) is 2.72. The molecule has 0 spiro atoms. The standard InChI is InChI=1S/C5H6O5/c6-4(7)3-1-9-5(8)10-2-3/h3H,1-2H2,(H,6,7). The van der Waals surface area contributed by atoms with Crippen molar-refractivity contribution in [3.8, 4) is 0 Å². The fourth-order valence-corrected chi connectivity index (χ4v) is 0.570. The molecular weight excluding hydrogens is 140 g/mol. The van der Waals surface area contributed by atoms with Gasteiger partial charge in [0.2, 0.25) is 0 Å². The Labute approximate surface area is 56.5 Å². The van der Waals surface area contributed by atoms with Crippen molar-refractivity contribution in [2.45, 2.75) is 0 Å². The largest absolute Gasteiger partial charge is 0.508 e. The van der Waals surface area contributed by atoms with Crippen LogP contribution in [0.1, 0.15) is 0 Å². The molecule has 0 unspecified atom stereocenters. The highest BCUT2D eigenvalue weighted by Crippen LogP contribution is 2.06. The summed E-state index contributed by atoms with van der Waals surface area (Å²) in [5.74, 6) is -1.72. The molecule has 1 heterocycles. The van der Waals surface area contributed by atoms with Crippen molar-refractivity contribution < 1.29 is 24.2 Å². The zero-order chi connectivity index (χ0) is 7.56. The molecule has 1 saturated heterocycles. The van der Waals surface area contributed by atoms with E-state index in [4.69, 9.17) is 5.11 Å². The summed E-state index contributed by atoms with van der Waals surface area (Å²) < 4.78 is 8.62. The van der Waals surface area contributed by atoms with E-state index in [1.54, 1.807) is 0 Å². The lowest BCUT2D eigenvalue weighted by atomic mass is 10.2. The molecule has 0 bridgehead atoms. The Hall–Kier alpha value is -1.26. The molecule has 56 valence electrons. The highest BCUT2D eigenvalue weighted by molar-refractivity contribution is 5.72. The monoisotopic (exact) mass is 146 g/mol. The quantitative estimate of drug-likeness (QED) is 0.521. The van der Waals surface area contributed by atoms with Crippen LogP contribution in [-0.4, -0.2) is 30.4 Å². The number of carbonyl (C=O) groups excluding carboxylic acids is 1. The predicted octanol–water partition coefficient (Wildman–Crippen LogP) is -0.146. The summed E-state index contributed by atoms with van der Waals surface area (Å²) in [5, 5.41) is 8.35. The average Bonchev–Trinajstić information content (AvgIpc) is 1.88. The Morgan fingerprint density at radius 1 is 1.50 bits per heavy atom. The van der Waals surface area contributed by atoms with Crippen LogP contribution < -0.4 is 0 Å². The molecule has 0 aromatic carbocycles. The minimum Gasteiger partial charge on any atom is -0.481 e. The van der Waals surface area contributed by atoms with Crippen LogP contribution in [0.4, 0.5) is 4.79 Å². The maximum absolute atomic E-state index is 10.2. The summed E-state index contributed by atoms with van der Waals surface area (Å²) >= 11 is 0. The fourth-order valence-electron chi connectivity index (χ4n) is 0.570. The van der Waals surface area contributed by atoms with Crippen LogP contribution in [0.25, 0.3) is 0 Å². The summed E-state index contributed by atoms with van der Waals surface area (Å²) in [7, 11) is 0. The maximum Gasteiger partial charge on any atom is 0.508 e. The van der Waals surface area contributed by atoms with E-state index in [0.717, 1.165) is 0 Å². The Bertz CT molecular complexity index is 153. The van der Waals surface area contributed by atoms with Gasteiger partial charge in [0.1, 0.15) is 19.1 Å². The van der Waals surface area contributed by atoms with E-state index in [9.17, 15) is 9.59 Å². The highest BCUT2D eigenvalue weighted by atomic mass is 16.7. The molecule has 5 heteroatoms. The molecule has 0 aromatic rings. The second-order valence-electron chi connectivity index (χ2n) is 1.91. The van der Waals surface area contributed by atoms with Gasteiger partial charge in [0.25, 0.3) is 0 Å². The Morgan fingerprint density at radius 2 is 2.00 bits per heavy atom. The second-order valence-corrected chi connectivity index (χ2v) is 1.91. The van der Waals surface area contributed by atoms with Crippen molar-refractivity contribution >= 4 is 12.1 Å². The number of aliphatic carboxylic acids is 1. The average molecular weight is 146 g/mol. The van der Waals surface area contributed by atoms with Crippen LogP contribution in [0.15, 0.2) is 0 Å². The lowest BCUT2D eigenvalue weighted by molar-refractivity contribution is -0.147. The van der Waals surface area contributed by atoms with Crippen LogP contribution in [0.3, 0.4) is 0 Å². The van der Waals surface area contributed by atoms with Crippen molar-refractivity contribution in [3.05, 3.63) is 0 Å². The lowest BCUT2D eigenvalue weighted by Crippen LogP contribution is -2.32. The van der Waals surface area contributed by atoms with E-state index in [1.165, 1.54) is 0 Å². The number of carboxylic acids is 1. The molecule has 1 fully saturated rings. The third-order valence-electron chi connectivity index (χ3n) is 1.15. The normalized spacial score (nSPS) is 19.4. The van der Waals surface area contributed by atoms with Gasteiger partial charge in [-0.25, -0.2) is 4.79 Å². The van der Waals surface area contributed by atoms with E-state index in [2.05, 4.69) is 9.47 Å². The first kappa shape index (κ1) is 6.85. The first-order valence-electron chi connectivity index (χ1n) is 2.72. The third kappa shape index (κ3) is 1.37. The number of carboxylic acid groups (broad SMARTS) is 1. The molecule has 10 heavy (non-hydrogen) atoms. The molecular formula is C5H6O5. The molecule has 1 aliphatic heterocycles. The van der Waals surface area contributed by atoms with Gasteiger partial charge in [-0.3, -0.25) is 4.79 Å². The molecule has 1 rings (SSSR count). The number of ether oxygens (including phenoxy) is 2. The van der Waals surface area contributed by atoms with Crippen molar-refractivity contribution in [2.24, 2.45) is 5.92 Å². The first-order chi connectivity index (χ1) is 4.70. The molecule has 0 aliphatic carbocycles. The molecule has 0 atom stereocenters. The van der Waals surface area contributed by atoms with E-state index in [0.29, 0.717) is 0 Å². The number of hydrogen-bond donors (Lipinski definition) is 1. The van der Waals surface area contributed by atoms with E-state index in [-0.39, 0.29) is 13.2 Å². The van der Waals surface area contributed by atoms with Crippen LogP contribution >= 0.6 is 0 Å². The van der Waals surface area contributed by atoms with Crippen molar-refractivity contribution in [2.75, 3.05) is 13.2 Å². The summed E-state index contributed by atoms with van der Waals surface area (Å²) in [5.41, 5.74) is 0. The predicted molar refractivity (Wildman–Crippen MR) is 28.4 cm³/mol. The van der Waals surface area contributed by atoms with Crippen LogP contribution in [0.5, 0.6) is 0 Å². The molecule has 0 aromatic heterocycles. The third-order valence-corrected chi connectivity index (χ3v) is 1.15. The minimum atomic E-state index is -1.01. The lowest BCUT2D eigenvalue weighted by Gasteiger charge is -2.17. The van der Waals surface area contributed by atoms with Crippen LogP contribution in [-0.2, 0) is 14.3 Å². The molecule has 0 amide bonds. The summed E-state index contributed by atoms with van der Waals surface area (Å²) in [6.45, 7) is -0.178. The number of carbonyl (C=O) groups is 2. The van der Waals surface area contributed by atoms with Crippen LogP contribution in [0.2, 0.25) is 0 Å². The van der Waals surface area contributed by atoms with Crippen LogP contribution in [0, 0.1) is 5.92 Å². The van der Waals surface area contributed by atoms with Gasteiger partial charge in [-0.1, -0.05) is 0 Å². The number of hydrogen-bond acceptors (Lipinski definition) is 4. The van der Waals surface area contributed by atoms with Gasteiger partial charge in [0, 0.05) is 0 Å². The maximum atomic E-state index is 10.2. The molecule has 5 nitrogen and oxygen atoms in total. The molecule has 0 radical (unpaired) electrons. The van der Waals surface area contributed by atoms with E-state index in [1.807, 2.05) is 0 Å². The SMILES string of the molecule is O=C1OCC(C(=O)O)CO1. The van der Waals surface area contributed by atoms with E-state index < -0.39 is 18.0 Å². The topological polar surface area (TPSA) is 72.8 Å². The zero-order valence-electron chi connectivity index (χ0n) is 5.07. The van der Waals surface area contributed by atoms with Crippen molar-refractivity contribution in [1.29, 1.82) is 0 Å². The van der Waals surface area contributed by atoms with E-state index >= 15 is 0 Å². The van der Waals surface area contributed by atoms with Gasteiger partial charge in [0.15, 0.2) is 0 Å². The van der Waals surface area contributed by atoms with Gasteiger partial charge in [-0.15, -0.1) is 0 Å².